The van der Waals surface area contributed by atoms with Crippen LogP contribution in [0.2, 0.25) is 0 Å². The van der Waals surface area contributed by atoms with Crippen molar-refractivity contribution in [3.63, 3.8) is 0 Å². The monoisotopic (exact) mass is 358 g/mol. The Kier molecular flexibility index (Phi) is 7.23. The molecule has 0 aliphatic heterocycles. The molecule has 2 N–H and O–H groups in total. The molecule has 0 saturated heterocycles. The van der Waals surface area contributed by atoms with Gasteiger partial charge in [0.15, 0.2) is 0 Å². The number of pyridine rings is 1. The fourth-order valence-electron chi connectivity index (χ4n) is 2.36. The van der Waals surface area contributed by atoms with E-state index in [4.69, 9.17) is 9.47 Å². The summed E-state index contributed by atoms with van der Waals surface area (Å²) >= 11 is 0. The molecule has 1 aromatic heterocycles. The molecule has 1 aromatic carbocycles. The summed E-state index contributed by atoms with van der Waals surface area (Å²) in [4.78, 5) is 18.4. The van der Waals surface area contributed by atoms with Gasteiger partial charge in [0.2, 0.25) is 0 Å². The Bertz CT molecular complexity index is 717. The molecule has 7 heteroatoms. The van der Waals surface area contributed by atoms with Gasteiger partial charge < -0.3 is 25.0 Å². The molecule has 0 aliphatic carbocycles. The van der Waals surface area contributed by atoms with E-state index in [1.165, 1.54) is 0 Å². The predicted molar refractivity (Wildman–Crippen MR) is 103 cm³/mol. The van der Waals surface area contributed by atoms with E-state index in [2.05, 4.69) is 20.5 Å². The first kappa shape index (κ1) is 19.5. The van der Waals surface area contributed by atoms with Gasteiger partial charge in [-0.25, -0.2) is 4.98 Å². The van der Waals surface area contributed by atoms with Crippen LogP contribution < -0.4 is 20.1 Å². The SMILES string of the molecule is COc1ccc(OC)c(Nc2ccc(C(=O)NCCCN(C)C)nc2)c1. The van der Waals surface area contributed by atoms with Gasteiger partial charge in [-0.15, -0.1) is 0 Å². The Hall–Kier alpha value is -2.80. The van der Waals surface area contributed by atoms with E-state index in [-0.39, 0.29) is 5.91 Å². The topological polar surface area (TPSA) is 75.7 Å². The molecule has 140 valence electrons. The van der Waals surface area contributed by atoms with E-state index in [0.29, 0.717) is 18.0 Å². The quantitative estimate of drug-likeness (QED) is 0.671. The highest BCUT2D eigenvalue weighted by Crippen LogP contribution is 2.31. The van der Waals surface area contributed by atoms with Crippen LogP contribution in [-0.4, -0.2) is 57.2 Å². The number of hydrogen-bond donors (Lipinski definition) is 2. The second-order valence-corrected chi connectivity index (χ2v) is 6.04. The van der Waals surface area contributed by atoms with E-state index in [9.17, 15) is 4.79 Å². The van der Waals surface area contributed by atoms with Crippen LogP contribution in [0.5, 0.6) is 11.5 Å². The minimum Gasteiger partial charge on any atom is -0.497 e. The number of benzene rings is 1. The molecule has 26 heavy (non-hydrogen) atoms. The predicted octanol–water partition coefficient (Wildman–Crippen LogP) is 2.52. The van der Waals surface area contributed by atoms with Crippen molar-refractivity contribution >= 4 is 17.3 Å². The maximum absolute atomic E-state index is 12.1. The summed E-state index contributed by atoms with van der Waals surface area (Å²) in [6.45, 7) is 1.55. The molecule has 7 nitrogen and oxygen atoms in total. The van der Waals surface area contributed by atoms with Crippen molar-refractivity contribution in [1.82, 2.24) is 15.2 Å². The van der Waals surface area contributed by atoms with Crippen molar-refractivity contribution in [2.24, 2.45) is 0 Å². The van der Waals surface area contributed by atoms with Crippen molar-refractivity contribution in [2.45, 2.75) is 6.42 Å². The lowest BCUT2D eigenvalue weighted by Crippen LogP contribution is -2.27. The summed E-state index contributed by atoms with van der Waals surface area (Å²) in [6, 6.07) is 8.98. The first-order chi connectivity index (χ1) is 12.5. The van der Waals surface area contributed by atoms with Gasteiger partial charge in [-0.2, -0.15) is 0 Å². The lowest BCUT2D eigenvalue weighted by atomic mass is 10.2. The zero-order valence-electron chi connectivity index (χ0n) is 15.7. The average Bonchev–Trinajstić information content (AvgIpc) is 2.65. The number of rotatable bonds is 9. The molecule has 0 saturated carbocycles. The van der Waals surface area contributed by atoms with Crippen LogP contribution in [0.1, 0.15) is 16.9 Å². The number of aromatic nitrogens is 1. The largest absolute Gasteiger partial charge is 0.497 e. The van der Waals surface area contributed by atoms with Gasteiger partial charge in [-0.05, 0) is 51.3 Å². The van der Waals surface area contributed by atoms with Gasteiger partial charge in [0, 0.05) is 12.6 Å². The van der Waals surface area contributed by atoms with E-state index in [1.807, 2.05) is 32.3 Å². The van der Waals surface area contributed by atoms with Gasteiger partial charge in [0.1, 0.15) is 17.2 Å². The second kappa shape index (κ2) is 9.62. The zero-order chi connectivity index (χ0) is 18.9. The second-order valence-electron chi connectivity index (χ2n) is 6.04. The summed E-state index contributed by atoms with van der Waals surface area (Å²) < 4.78 is 10.6. The van der Waals surface area contributed by atoms with E-state index < -0.39 is 0 Å². The number of ether oxygens (including phenoxy) is 2. The number of nitrogens with one attached hydrogen (secondary N) is 2. The summed E-state index contributed by atoms with van der Waals surface area (Å²) in [5.41, 5.74) is 1.90. The Labute approximate surface area is 154 Å². The summed E-state index contributed by atoms with van der Waals surface area (Å²) in [5.74, 6) is 1.23. The highest BCUT2D eigenvalue weighted by Gasteiger charge is 2.09. The number of carbonyl (C=O) groups is 1. The Morgan fingerprint density at radius 2 is 1.96 bits per heavy atom. The third-order valence-corrected chi connectivity index (χ3v) is 3.75. The number of hydrogen-bond acceptors (Lipinski definition) is 6. The van der Waals surface area contributed by atoms with Crippen LogP contribution in [0, 0.1) is 0 Å². The first-order valence-electron chi connectivity index (χ1n) is 8.41. The minimum atomic E-state index is -0.172. The maximum atomic E-state index is 12.1. The lowest BCUT2D eigenvalue weighted by molar-refractivity contribution is 0.0947. The van der Waals surface area contributed by atoms with Crippen molar-refractivity contribution < 1.29 is 14.3 Å². The van der Waals surface area contributed by atoms with Crippen LogP contribution in [-0.2, 0) is 0 Å². The van der Waals surface area contributed by atoms with Gasteiger partial charge in [-0.3, -0.25) is 4.79 Å². The van der Waals surface area contributed by atoms with E-state index in [1.54, 1.807) is 32.5 Å². The number of nitrogens with zero attached hydrogens (tertiary/aromatic N) is 2. The van der Waals surface area contributed by atoms with Gasteiger partial charge in [0.25, 0.3) is 5.91 Å². The van der Waals surface area contributed by atoms with Gasteiger partial charge in [-0.1, -0.05) is 0 Å². The molecular weight excluding hydrogens is 332 g/mol. The highest BCUT2D eigenvalue weighted by atomic mass is 16.5. The summed E-state index contributed by atoms with van der Waals surface area (Å²) in [6.07, 6.45) is 2.52. The fraction of sp³-hybridized carbons (Fsp3) is 0.368. The number of carbonyl (C=O) groups excluding carboxylic acids is 1. The van der Waals surface area contributed by atoms with Gasteiger partial charge in [0.05, 0.1) is 31.8 Å². The fourth-order valence-corrected chi connectivity index (χ4v) is 2.36. The molecule has 1 heterocycles. The molecule has 0 unspecified atom stereocenters. The summed E-state index contributed by atoms with van der Waals surface area (Å²) in [5, 5.41) is 6.10. The molecule has 0 radical (unpaired) electrons. The Balaban J connectivity index is 1.98. The van der Waals surface area contributed by atoms with Gasteiger partial charge >= 0.3 is 0 Å². The molecule has 0 bridgehead atoms. The Morgan fingerprint density at radius 3 is 2.58 bits per heavy atom. The zero-order valence-corrected chi connectivity index (χ0v) is 15.7. The third-order valence-electron chi connectivity index (χ3n) is 3.75. The average molecular weight is 358 g/mol. The van der Waals surface area contributed by atoms with Crippen LogP contribution in [0.25, 0.3) is 0 Å². The Morgan fingerprint density at radius 1 is 1.15 bits per heavy atom. The lowest BCUT2D eigenvalue weighted by Gasteiger charge is -2.13. The highest BCUT2D eigenvalue weighted by molar-refractivity contribution is 5.92. The third kappa shape index (κ3) is 5.63. The first-order valence-corrected chi connectivity index (χ1v) is 8.41. The number of anilines is 2. The molecule has 2 rings (SSSR count). The normalized spacial score (nSPS) is 10.5. The van der Waals surface area contributed by atoms with E-state index >= 15 is 0 Å². The van der Waals surface area contributed by atoms with Crippen molar-refractivity contribution in [3.8, 4) is 11.5 Å². The molecule has 0 aliphatic rings. The van der Waals surface area contributed by atoms with E-state index in [0.717, 1.165) is 30.1 Å². The standard InChI is InChI=1S/C19H26N4O3/c1-23(2)11-5-10-20-19(24)16-8-6-14(13-21-16)22-17-12-15(25-3)7-9-18(17)26-4/h6-9,12-13,22H,5,10-11H2,1-4H3,(H,20,24). The molecule has 0 spiro atoms. The van der Waals surface area contributed by atoms with Crippen LogP contribution in [0.3, 0.4) is 0 Å². The number of amides is 1. The smallest absolute Gasteiger partial charge is 0.269 e. The van der Waals surface area contributed by atoms with Crippen molar-refractivity contribution in [3.05, 3.63) is 42.2 Å². The maximum Gasteiger partial charge on any atom is 0.269 e. The number of methoxy groups -OCH3 is 2. The molecular formula is C19H26N4O3. The molecule has 0 fully saturated rings. The molecule has 0 atom stereocenters. The van der Waals surface area contributed by atoms with Crippen molar-refractivity contribution in [2.75, 3.05) is 46.7 Å². The van der Waals surface area contributed by atoms with Crippen LogP contribution >= 0.6 is 0 Å². The molecule has 2 aromatic rings. The van der Waals surface area contributed by atoms with Crippen LogP contribution in [0.4, 0.5) is 11.4 Å². The van der Waals surface area contributed by atoms with Crippen LogP contribution in [0.15, 0.2) is 36.5 Å². The molecule has 1 amide bonds. The summed E-state index contributed by atoms with van der Waals surface area (Å²) in [7, 11) is 7.23. The minimum absolute atomic E-state index is 0.172. The van der Waals surface area contributed by atoms with Crippen molar-refractivity contribution in [1.29, 1.82) is 0 Å².